The summed E-state index contributed by atoms with van der Waals surface area (Å²) in [6.45, 7) is 0.215. The molecule has 0 aliphatic heterocycles. The van der Waals surface area contributed by atoms with Gasteiger partial charge in [-0.05, 0) is 34.2 Å². The van der Waals surface area contributed by atoms with E-state index < -0.39 is 18.1 Å². The van der Waals surface area contributed by atoms with Crippen LogP contribution in [0.1, 0.15) is 22.6 Å². The number of rotatable bonds is 8. The van der Waals surface area contributed by atoms with Crippen LogP contribution in [0.25, 0.3) is 11.1 Å². The summed E-state index contributed by atoms with van der Waals surface area (Å²) >= 11 is 0. The van der Waals surface area contributed by atoms with Gasteiger partial charge in [-0.15, -0.1) is 0 Å². The first-order valence-electron chi connectivity index (χ1n) is 10.2. The average Bonchev–Trinajstić information content (AvgIpc) is 3.11. The highest BCUT2D eigenvalue weighted by molar-refractivity contribution is 5.79. The van der Waals surface area contributed by atoms with Gasteiger partial charge in [0.25, 0.3) is 0 Å². The molecule has 1 amide bonds. The molecule has 0 saturated heterocycles. The fraction of sp³-hybridized carbons (Fsp3) is 0.200. The lowest BCUT2D eigenvalue weighted by atomic mass is 9.98. The van der Waals surface area contributed by atoms with Crippen molar-refractivity contribution in [2.75, 3.05) is 13.3 Å². The van der Waals surface area contributed by atoms with Crippen molar-refractivity contribution in [2.45, 2.75) is 18.4 Å². The van der Waals surface area contributed by atoms with Crippen LogP contribution in [0.2, 0.25) is 0 Å². The number of alkyl carbamates (subject to hydrolysis) is 1. The molecule has 6 nitrogen and oxygen atoms in total. The number of fused-ring (bicyclic) bond motifs is 3. The number of aliphatic carboxylic acids is 1. The Morgan fingerprint density at radius 2 is 1.45 bits per heavy atom. The quantitative estimate of drug-likeness (QED) is 0.487. The standard InChI is InChI=1S/C25H24N2O4/c28-24(29)23(14-17-8-2-1-3-9-17)26-16-27-25(30)31-15-22-20-12-6-4-10-18(20)19-11-5-7-13-21(19)22/h1-13,22-23,26H,14-16H2,(H,27,30)(H,28,29)/t23-/m0/s1. The number of carbonyl (C=O) groups excluding carboxylic acids is 1. The maximum atomic E-state index is 12.2. The molecule has 6 heteroatoms. The predicted molar refractivity (Wildman–Crippen MR) is 118 cm³/mol. The van der Waals surface area contributed by atoms with E-state index in [1.165, 1.54) is 11.1 Å². The SMILES string of the molecule is O=C(NCN[C@@H](Cc1ccccc1)C(=O)O)OCC1c2ccccc2-c2ccccc21. The van der Waals surface area contributed by atoms with Gasteiger partial charge in [-0.25, -0.2) is 4.79 Å². The van der Waals surface area contributed by atoms with Crippen LogP contribution in [0.4, 0.5) is 4.79 Å². The monoisotopic (exact) mass is 416 g/mol. The van der Waals surface area contributed by atoms with E-state index in [-0.39, 0.29) is 19.2 Å². The number of amides is 1. The zero-order valence-corrected chi connectivity index (χ0v) is 17.0. The molecular formula is C25H24N2O4. The predicted octanol–water partition coefficient (Wildman–Crippen LogP) is 3.77. The Kier molecular flexibility index (Phi) is 6.29. The van der Waals surface area contributed by atoms with Crippen LogP contribution in [-0.4, -0.2) is 36.5 Å². The minimum atomic E-state index is -0.974. The van der Waals surface area contributed by atoms with E-state index in [9.17, 15) is 14.7 Å². The molecule has 0 fully saturated rings. The third-order valence-electron chi connectivity index (χ3n) is 5.51. The molecule has 0 spiro atoms. The molecule has 0 saturated carbocycles. The summed E-state index contributed by atoms with van der Waals surface area (Å²) in [4.78, 5) is 23.7. The number of nitrogens with one attached hydrogen (secondary N) is 2. The first-order chi connectivity index (χ1) is 15.1. The van der Waals surface area contributed by atoms with E-state index in [1.54, 1.807) is 0 Å². The minimum absolute atomic E-state index is 0.000470. The second-order valence-electron chi connectivity index (χ2n) is 7.46. The van der Waals surface area contributed by atoms with Gasteiger partial charge >= 0.3 is 12.1 Å². The van der Waals surface area contributed by atoms with Crippen molar-refractivity contribution in [1.29, 1.82) is 0 Å². The lowest BCUT2D eigenvalue weighted by Gasteiger charge is -2.17. The summed E-state index contributed by atoms with van der Waals surface area (Å²) in [6.07, 6.45) is -0.263. The van der Waals surface area contributed by atoms with Gasteiger partial charge in [0, 0.05) is 5.92 Å². The van der Waals surface area contributed by atoms with Crippen molar-refractivity contribution in [1.82, 2.24) is 10.6 Å². The van der Waals surface area contributed by atoms with Crippen LogP contribution in [0.15, 0.2) is 78.9 Å². The number of ether oxygens (including phenoxy) is 1. The molecule has 0 bridgehead atoms. The number of carboxylic acid groups (broad SMARTS) is 1. The van der Waals surface area contributed by atoms with Gasteiger partial charge in [-0.1, -0.05) is 78.9 Å². The van der Waals surface area contributed by atoms with Gasteiger partial charge in [0.15, 0.2) is 0 Å². The van der Waals surface area contributed by atoms with E-state index in [4.69, 9.17) is 4.74 Å². The second kappa shape index (κ2) is 9.45. The van der Waals surface area contributed by atoms with Crippen LogP contribution in [0, 0.1) is 0 Å². The number of carbonyl (C=O) groups is 2. The highest BCUT2D eigenvalue weighted by Crippen LogP contribution is 2.44. The second-order valence-corrected chi connectivity index (χ2v) is 7.46. The molecule has 158 valence electrons. The average molecular weight is 416 g/mol. The maximum absolute atomic E-state index is 12.2. The summed E-state index contributed by atoms with van der Waals surface area (Å²) in [5.41, 5.74) is 5.52. The maximum Gasteiger partial charge on any atom is 0.408 e. The van der Waals surface area contributed by atoms with E-state index >= 15 is 0 Å². The highest BCUT2D eigenvalue weighted by atomic mass is 16.5. The Labute approximate surface area is 180 Å². The molecule has 0 heterocycles. The summed E-state index contributed by atoms with van der Waals surface area (Å²) in [7, 11) is 0. The number of hydrogen-bond acceptors (Lipinski definition) is 4. The van der Waals surface area contributed by atoms with E-state index in [0.717, 1.165) is 16.7 Å². The Bertz CT molecular complexity index is 1020. The molecule has 3 N–H and O–H groups in total. The lowest BCUT2D eigenvalue weighted by Crippen LogP contribution is -2.45. The van der Waals surface area contributed by atoms with Crippen LogP contribution < -0.4 is 10.6 Å². The molecule has 0 aromatic heterocycles. The molecule has 3 aromatic carbocycles. The summed E-state index contributed by atoms with van der Waals surface area (Å²) in [5, 5.41) is 14.9. The fourth-order valence-corrected chi connectivity index (χ4v) is 3.99. The molecule has 0 radical (unpaired) electrons. The molecule has 1 atom stereocenters. The first-order valence-corrected chi connectivity index (χ1v) is 10.2. The summed E-state index contributed by atoms with van der Waals surface area (Å²) in [6, 6.07) is 24.8. The largest absolute Gasteiger partial charge is 0.480 e. The minimum Gasteiger partial charge on any atom is -0.480 e. The van der Waals surface area contributed by atoms with Crippen LogP contribution in [-0.2, 0) is 16.0 Å². The van der Waals surface area contributed by atoms with Crippen molar-refractivity contribution < 1.29 is 19.4 Å². The van der Waals surface area contributed by atoms with Gasteiger partial charge in [0.05, 0.1) is 6.67 Å². The first kappa shape index (κ1) is 20.6. The molecule has 1 aliphatic rings. The number of carboxylic acids is 1. The van der Waals surface area contributed by atoms with Crippen molar-refractivity contribution in [3.05, 3.63) is 95.6 Å². The van der Waals surface area contributed by atoms with Gasteiger partial charge in [0.1, 0.15) is 12.6 Å². The van der Waals surface area contributed by atoms with Gasteiger partial charge in [-0.2, -0.15) is 0 Å². The van der Waals surface area contributed by atoms with Gasteiger partial charge < -0.3 is 15.2 Å². The van der Waals surface area contributed by atoms with Crippen LogP contribution in [0.5, 0.6) is 0 Å². The molecule has 0 unspecified atom stereocenters. The smallest absolute Gasteiger partial charge is 0.408 e. The molecule has 1 aliphatic carbocycles. The Morgan fingerprint density at radius 1 is 0.871 bits per heavy atom. The van der Waals surface area contributed by atoms with E-state index in [1.807, 2.05) is 54.6 Å². The topological polar surface area (TPSA) is 87.7 Å². The zero-order valence-electron chi connectivity index (χ0n) is 17.0. The molecule has 31 heavy (non-hydrogen) atoms. The zero-order chi connectivity index (χ0) is 21.6. The summed E-state index contributed by atoms with van der Waals surface area (Å²) in [5.74, 6) is -0.992. The van der Waals surface area contributed by atoms with Gasteiger partial charge in [0.2, 0.25) is 0 Å². The highest BCUT2D eigenvalue weighted by Gasteiger charge is 2.29. The molecular weight excluding hydrogens is 392 g/mol. The Hall–Kier alpha value is -3.64. The summed E-state index contributed by atoms with van der Waals surface area (Å²) < 4.78 is 5.46. The lowest BCUT2D eigenvalue weighted by molar-refractivity contribution is -0.139. The van der Waals surface area contributed by atoms with Crippen LogP contribution >= 0.6 is 0 Å². The van der Waals surface area contributed by atoms with Crippen LogP contribution in [0.3, 0.4) is 0 Å². The number of benzene rings is 3. The van der Waals surface area contributed by atoms with Crippen molar-refractivity contribution >= 4 is 12.1 Å². The van der Waals surface area contributed by atoms with Crippen molar-refractivity contribution in [2.24, 2.45) is 0 Å². The normalized spacial score (nSPS) is 13.2. The van der Waals surface area contributed by atoms with E-state index in [2.05, 4.69) is 34.9 Å². The third-order valence-corrected chi connectivity index (χ3v) is 5.51. The van der Waals surface area contributed by atoms with Gasteiger partial charge in [-0.3, -0.25) is 10.1 Å². The van der Waals surface area contributed by atoms with Crippen molar-refractivity contribution in [3.8, 4) is 11.1 Å². The number of hydrogen-bond donors (Lipinski definition) is 3. The third kappa shape index (κ3) is 4.75. The fourth-order valence-electron chi connectivity index (χ4n) is 3.99. The molecule has 3 aromatic rings. The molecule has 4 rings (SSSR count). The van der Waals surface area contributed by atoms with E-state index in [0.29, 0.717) is 6.42 Å². The Balaban J connectivity index is 1.30. The Morgan fingerprint density at radius 3 is 2.06 bits per heavy atom. The van der Waals surface area contributed by atoms with Crippen molar-refractivity contribution in [3.63, 3.8) is 0 Å².